The van der Waals surface area contributed by atoms with Gasteiger partial charge in [-0.05, 0) is 54.7 Å². The zero-order valence-corrected chi connectivity index (χ0v) is 19.4. The second-order valence-electron chi connectivity index (χ2n) is 11.6. The number of hydrogen-bond donors (Lipinski definition) is 3. The zero-order valence-electron chi connectivity index (χ0n) is 19.4. The molecule has 0 radical (unpaired) electrons. The van der Waals surface area contributed by atoms with Gasteiger partial charge in [-0.25, -0.2) is 4.79 Å². The summed E-state index contributed by atoms with van der Waals surface area (Å²) in [6.45, 7) is 8.12. The fraction of sp³-hybridized carbons (Fsp3) is 0.654. The topological polar surface area (TPSA) is 126 Å². The highest BCUT2D eigenvalue weighted by Crippen LogP contribution is 2.76. The number of ketones is 1. The fourth-order valence-electron chi connectivity index (χ4n) is 8.71. The molecule has 1 aromatic heterocycles. The van der Waals surface area contributed by atoms with E-state index in [1.54, 1.807) is 18.3 Å². The number of nitrogens with zero attached hydrogens (tertiary/aromatic N) is 1. The zero-order chi connectivity index (χ0) is 24.3. The third-order valence-electron chi connectivity index (χ3n) is 9.98. The molecule has 1 aromatic rings. The van der Waals surface area contributed by atoms with Crippen LogP contribution in [-0.4, -0.2) is 62.8 Å². The van der Waals surface area contributed by atoms with Crippen LogP contribution in [0.15, 0.2) is 36.7 Å². The number of pyridine rings is 1. The molecule has 8 nitrogen and oxygen atoms in total. The lowest BCUT2D eigenvalue weighted by Gasteiger charge is -2.74. The summed E-state index contributed by atoms with van der Waals surface area (Å²) in [6, 6.07) is 3.19. The Balaban J connectivity index is 1.54. The minimum Gasteiger partial charge on any atom is -0.457 e. The Morgan fingerprint density at radius 2 is 2.03 bits per heavy atom. The number of aliphatic hydroxyl groups is 3. The maximum Gasteiger partial charge on any atom is 0.340 e. The number of Topliss-reactive ketones (excluding diaryl/α,β-unsaturated/α-hetero) is 1. The van der Waals surface area contributed by atoms with E-state index in [1.807, 2.05) is 13.8 Å². The molecular formula is C26H31NO7. The Labute approximate surface area is 198 Å². The van der Waals surface area contributed by atoms with Gasteiger partial charge in [-0.2, -0.15) is 0 Å². The van der Waals surface area contributed by atoms with Gasteiger partial charge in [0.25, 0.3) is 0 Å². The number of esters is 1. The molecule has 3 heterocycles. The lowest BCUT2D eigenvalue weighted by Crippen LogP contribution is -2.85. The van der Waals surface area contributed by atoms with Crippen molar-refractivity contribution in [3.63, 3.8) is 0 Å². The SMILES string of the molecule is C=C1C(=O)[C@]23[C@H](OC(=O)c4cccnc4)[C@H]1CC[C@H]2[C@@]12CO[C@]3(O)[C@@H](O)[C@@H]1C(C)(C)CC[C@@H]2O. The van der Waals surface area contributed by atoms with Gasteiger partial charge in [-0.15, -0.1) is 0 Å². The number of aliphatic hydroxyl groups excluding tert-OH is 2. The summed E-state index contributed by atoms with van der Waals surface area (Å²) in [6.07, 6.45) is 1.87. The second kappa shape index (κ2) is 6.75. The van der Waals surface area contributed by atoms with Crippen molar-refractivity contribution >= 4 is 11.8 Å². The number of aromatic nitrogens is 1. The van der Waals surface area contributed by atoms with Crippen molar-refractivity contribution in [3.8, 4) is 0 Å². The summed E-state index contributed by atoms with van der Waals surface area (Å²) in [5.41, 5.74) is -2.57. The van der Waals surface area contributed by atoms with Gasteiger partial charge >= 0.3 is 5.97 Å². The Morgan fingerprint density at radius 1 is 1.26 bits per heavy atom. The van der Waals surface area contributed by atoms with Crippen LogP contribution in [0.25, 0.3) is 0 Å². The highest BCUT2D eigenvalue weighted by Gasteiger charge is 2.87. The molecule has 0 unspecified atom stereocenters. The average Bonchev–Trinajstić information content (AvgIpc) is 2.93. The molecule has 0 aromatic carbocycles. The van der Waals surface area contributed by atoms with E-state index in [9.17, 15) is 24.9 Å². The molecule has 2 spiro atoms. The van der Waals surface area contributed by atoms with Crippen molar-refractivity contribution in [2.24, 2.45) is 34.0 Å². The van der Waals surface area contributed by atoms with E-state index in [2.05, 4.69) is 11.6 Å². The first kappa shape index (κ1) is 22.3. The Bertz CT molecular complexity index is 1090. The van der Waals surface area contributed by atoms with E-state index in [4.69, 9.17) is 9.47 Å². The van der Waals surface area contributed by atoms with E-state index >= 15 is 0 Å². The normalized spacial score (nSPS) is 48.3. The van der Waals surface area contributed by atoms with Gasteiger partial charge in [-0.1, -0.05) is 20.4 Å². The second-order valence-corrected chi connectivity index (χ2v) is 11.6. The van der Waals surface area contributed by atoms with Gasteiger partial charge in [0, 0.05) is 29.6 Å². The standard InChI is InChI=1S/C26H31NO7/c1-13-15-6-7-16-24-12-33-26(32,20(30)18(24)23(2,3)9-8-17(24)28)25(16,19(13)29)21(15)34-22(31)14-5-4-10-27-11-14/h4-5,10-11,15-18,20-21,28,30,32H,1,6-9,12H2,2-3H3/t15-,16-,17-,18+,20-,21+,24+,25-,26+/m0/s1. The number of hydrogen-bond acceptors (Lipinski definition) is 8. The molecule has 2 saturated heterocycles. The molecule has 8 heteroatoms. The van der Waals surface area contributed by atoms with Gasteiger partial charge in [0.2, 0.25) is 5.79 Å². The molecule has 2 aliphatic heterocycles. The minimum absolute atomic E-state index is 0.0376. The van der Waals surface area contributed by atoms with Crippen LogP contribution in [0.1, 0.15) is 49.9 Å². The molecule has 182 valence electrons. The lowest BCUT2D eigenvalue weighted by atomic mass is 9.35. The highest BCUT2D eigenvalue weighted by molar-refractivity contribution is 6.05. The van der Waals surface area contributed by atoms with Gasteiger partial charge < -0.3 is 24.8 Å². The summed E-state index contributed by atoms with van der Waals surface area (Å²) in [7, 11) is 0. The molecular weight excluding hydrogens is 438 g/mol. The van der Waals surface area contributed by atoms with E-state index in [1.165, 1.54) is 6.20 Å². The van der Waals surface area contributed by atoms with Crippen LogP contribution in [0.2, 0.25) is 0 Å². The van der Waals surface area contributed by atoms with Crippen molar-refractivity contribution in [1.82, 2.24) is 4.98 Å². The van der Waals surface area contributed by atoms with Crippen molar-refractivity contribution in [3.05, 3.63) is 42.2 Å². The quantitative estimate of drug-likeness (QED) is 0.441. The van der Waals surface area contributed by atoms with Crippen molar-refractivity contribution in [1.29, 1.82) is 0 Å². The first-order chi connectivity index (χ1) is 16.0. The summed E-state index contributed by atoms with van der Waals surface area (Å²) in [4.78, 5) is 31.1. The number of carbonyl (C=O) groups excluding carboxylic acids is 2. The van der Waals surface area contributed by atoms with Crippen LogP contribution < -0.4 is 0 Å². The molecule has 6 fully saturated rings. The smallest absolute Gasteiger partial charge is 0.340 e. The van der Waals surface area contributed by atoms with Gasteiger partial charge in [0.05, 0.1) is 18.3 Å². The maximum atomic E-state index is 14.0. The van der Waals surface area contributed by atoms with Crippen LogP contribution >= 0.6 is 0 Å². The Kier molecular flexibility index (Phi) is 4.44. The highest BCUT2D eigenvalue weighted by atomic mass is 16.6. The fourth-order valence-corrected chi connectivity index (χ4v) is 8.71. The van der Waals surface area contributed by atoms with E-state index in [-0.39, 0.29) is 17.7 Å². The molecule has 34 heavy (non-hydrogen) atoms. The van der Waals surface area contributed by atoms with Gasteiger partial charge in [0.1, 0.15) is 17.6 Å². The predicted molar refractivity (Wildman–Crippen MR) is 118 cm³/mol. The predicted octanol–water partition coefficient (Wildman–Crippen LogP) is 1.64. The number of fused-ring (bicyclic) bond motifs is 2. The summed E-state index contributed by atoms with van der Waals surface area (Å²) in [5.74, 6) is -4.86. The first-order valence-electron chi connectivity index (χ1n) is 12.1. The Morgan fingerprint density at radius 3 is 2.74 bits per heavy atom. The average molecular weight is 470 g/mol. The number of ether oxygens (including phenoxy) is 2. The van der Waals surface area contributed by atoms with Gasteiger partial charge in [0.15, 0.2) is 5.78 Å². The van der Waals surface area contributed by atoms with Crippen LogP contribution in [0.4, 0.5) is 0 Å². The number of carbonyl (C=O) groups is 2. The van der Waals surface area contributed by atoms with E-state index < -0.39 is 69.9 Å². The van der Waals surface area contributed by atoms with Crippen LogP contribution in [0, 0.1) is 34.0 Å². The molecule has 9 atom stereocenters. The van der Waals surface area contributed by atoms with Crippen molar-refractivity contribution in [2.45, 2.75) is 63.6 Å². The van der Waals surface area contributed by atoms with Crippen LogP contribution in [0.5, 0.6) is 0 Å². The third kappa shape index (κ3) is 2.26. The summed E-state index contributed by atoms with van der Waals surface area (Å²) >= 11 is 0. The monoisotopic (exact) mass is 469 g/mol. The minimum atomic E-state index is -2.26. The molecule has 3 N–H and O–H groups in total. The van der Waals surface area contributed by atoms with Crippen molar-refractivity contribution in [2.75, 3.05) is 6.61 Å². The molecule has 6 aliphatic rings. The van der Waals surface area contributed by atoms with E-state index in [0.717, 1.165) is 0 Å². The molecule has 4 aliphatic carbocycles. The Hall–Kier alpha value is -2.13. The lowest BCUT2D eigenvalue weighted by molar-refractivity contribution is -0.457. The molecule has 7 rings (SSSR count). The van der Waals surface area contributed by atoms with Crippen LogP contribution in [0.3, 0.4) is 0 Å². The van der Waals surface area contributed by atoms with E-state index in [0.29, 0.717) is 25.7 Å². The number of rotatable bonds is 2. The van der Waals surface area contributed by atoms with Gasteiger partial charge in [-0.3, -0.25) is 9.78 Å². The molecule has 4 saturated carbocycles. The van der Waals surface area contributed by atoms with Crippen molar-refractivity contribution < 1.29 is 34.4 Å². The van der Waals surface area contributed by atoms with Crippen LogP contribution in [-0.2, 0) is 14.3 Å². The molecule has 4 bridgehead atoms. The summed E-state index contributed by atoms with van der Waals surface area (Å²) in [5, 5.41) is 35.3. The third-order valence-corrected chi connectivity index (χ3v) is 9.98. The summed E-state index contributed by atoms with van der Waals surface area (Å²) < 4.78 is 12.0. The molecule has 0 amide bonds. The maximum absolute atomic E-state index is 14.0. The first-order valence-corrected chi connectivity index (χ1v) is 12.1. The largest absolute Gasteiger partial charge is 0.457 e.